The Morgan fingerprint density at radius 2 is 1.40 bits per heavy atom. The number of anilines is 3. The van der Waals surface area contributed by atoms with Gasteiger partial charge in [0.25, 0.3) is 0 Å². The van der Waals surface area contributed by atoms with Gasteiger partial charge in [-0.15, -0.1) is 0 Å². The van der Waals surface area contributed by atoms with Crippen molar-refractivity contribution in [3.63, 3.8) is 0 Å². The van der Waals surface area contributed by atoms with E-state index in [1.54, 1.807) is 0 Å². The van der Waals surface area contributed by atoms with Crippen LogP contribution in [0, 0.1) is 0 Å². The quantitative estimate of drug-likeness (QED) is 0.202. The summed E-state index contributed by atoms with van der Waals surface area (Å²) in [4.78, 5) is 2.40. The lowest BCUT2D eigenvalue weighted by Crippen LogP contribution is -2.27. The van der Waals surface area contributed by atoms with Gasteiger partial charge in [0.1, 0.15) is 5.76 Å². The summed E-state index contributed by atoms with van der Waals surface area (Å²) >= 11 is 0. The van der Waals surface area contributed by atoms with Gasteiger partial charge in [-0.3, -0.25) is 0 Å². The summed E-state index contributed by atoms with van der Waals surface area (Å²) in [6.45, 7) is 0. The minimum absolute atomic E-state index is 0.0775. The van der Waals surface area contributed by atoms with E-state index in [0.717, 1.165) is 47.1 Å². The van der Waals surface area contributed by atoms with E-state index in [9.17, 15) is 0 Å². The summed E-state index contributed by atoms with van der Waals surface area (Å²) in [5, 5.41) is 8.75. The van der Waals surface area contributed by atoms with Gasteiger partial charge < -0.3 is 14.6 Å². The lowest BCUT2D eigenvalue weighted by Gasteiger charge is -2.33. The molecule has 7 aromatic rings. The first-order valence-corrected chi connectivity index (χ1v) is 17.4. The number of nitrogens with one attached hydrogen (secondary N) is 1. The third kappa shape index (κ3) is 4.82. The zero-order valence-electron chi connectivity index (χ0n) is 27.5. The number of furan rings is 1. The van der Waals surface area contributed by atoms with Crippen LogP contribution in [0.4, 0.5) is 17.1 Å². The van der Waals surface area contributed by atoms with E-state index < -0.39 is 0 Å². The third-order valence-corrected chi connectivity index (χ3v) is 10.3. The number of para-hydroxylation sites is 1. The Morgan fingerprint density at radius 3 is 2.32 bits per heavy atom. The number of benzene rings is 6. The highest BCUT2D eigenvalue weighted by molar-refractivity contribution is 6.01. The summed E-state index contributed by atoms with van der Waals surface area (Å²) in [5.41, 5.74) is 11.6. The molecule has 0 fully saturated rings. The lowest BCUT2D eigenvalue weighted by molar-refractivity contribution is 0.499. The van der Waals surface area contributed by atoms with E-state index in [0.29, 0.717) is 0 Å². The van der Waals surface area contributed by atoms with Crippen LogP contribution in [-0.2, 0) is 6.42 Å². The molecule has 1 aromatic heterocycles. The Kier molecular flexibility index (Phi) is 6.70. The average Bonchev–Trinajstić information content (AvgIpc) is 3.54. The van der Waals surface area contributed by atoms with Crippen LogP contribution in [0.5, 0.6) is 0 Å². The van der Waals surface area contributed by atoms with Crippen molar-refractivity contribution in [1.82, 2.24) is 0 Å². The van der Waals surface area contributed by atoms with Gasteiger partial charge in [0.15, 0.2) is 5.76 Å². The fourth-order valence-electron chi connectivity index (χ4n) is 7.82. The first-order chi connectivity index (χ1) is 24.8. The lowest BCUT2D eigenvalue weighted by atomic mass is 9.92. The van der Waals surface area contributed by atoms with Gasteiger partial charge in [0.2, 0.25) is 0 Å². The molecule has 0 bridgehead atoms. The minimum atomic E-state index is 0.0775. The van der Waals surface area contributed by atoms with Crippen LogP contribution in [0.25, 0.3) is 56.0 Å². The number of nitrogens with zero attached hydrogens (tertiary/aromatic N) is 1. The van der Waals surface area contributed by atoms with Gasteiger partial charge in [-0.05, 0) is 92.7 Å². The van der Waals surface area contributed by atoms with E-state index in [2.05, 4.69) is 180 Å². The van der Waals surface area contributed by atoms with Crippen LogP contribution < -0.4 is 10.2 Å². The summed E-state index contributed by atoms with van der Waals surface area (Å²) in [6, 6.07) is 48.4. The normalized spacial score (nSPS) is 15.9. The average molecular weight is 643 g/mol. The molecule has 1 aliphatic heterocycles. The SMILES string of the molecule is C1=Cc2c(oc3c2NC2C=CC(N(c4ccc(-c5ccc6ccccc6c5)cc4)c4ccccc4-c4cccc5ccccc45)=CC2=C3)CC1. The molecule has 3 aliphatic rings. The van der Waals surface area contributed by atoms with Crippen LogP contribution in [0.1, 0.15) is 23.5 Å². The summed E-state index contributed by atoms with van der Waals surface area (Å²) < 4.78 is 6.39. The second-order valence-corrected chi connectivity index (χ2v) is 13.3. The second kappa shape index (κ2) is 11.7. The molecule has 2 aliphatic carbocycles. The van der Waals surface area contributed by atoms with Crippen molar-refractivity contribution in [3.05, 3.63) is 186 Å². The van der Waals surface area contributed by atoms with Gasteiger partial charge >= 0.3 is 0 Å². The van der Waals surface area contributed by atoms with Gasteiger partial charge in [0.05, 0.1) is 17.4 Å². The molecule has 0 saturated heterocycles. The molecule has 0 amide bonds. The van der Waals surface area contributed by atoms with Gasteiger partial charge in [-0.25, -0.2) is 0 Å². The van der Waals surface area contributed by atoms with Crippen molar-refractivity contribution in [3.8, 4) is 22.3 Å². The summed E-state index contributed by atoms with van der Waals surface area (Å²) in [5.74, 6) is 1.99. The van der Waals surface area contributed by atoms with E-state index in [4.69, 9.17) is 4.42 Å². The molecule has 50 heavy (non-hydrogen) atoms. The number of hydrogen-bond acceptors (Lipinski definition) is 3. The number of allylic oxidation sites excluding steroid dienone is 2. The fourth-order valence-corrected chi connectivity index (χ4v) is 7.82. The molecule has 0 spiro atoms. The molecule has 2 heterocycles. The maximum absolute atomic E-state index is 6.39. The maximum Gasteiger partial charge on any atom is 0.151 e. The van der Waals surface area contributed by atoms with Gasteiger partial charge in [0, 0.05) is 28.9 Å². The van der Waals surface area contributed by atoms with Gasteiger partial charge in [-0.1, -0.05) is 127 Å². The molecule has 238 valence electrons. The van der Waals surface area contributed by atoms with Crippen LogP contribution in [-0.4, -0.2) is 6.04 Å². The first kappa shape index (κ1) is 28.7. The minimum Gasteiger partial charge on any atom is -0.459 e. The number of fused-ring (bicyclic) bond motifs is 6. The van der Waals surface area contributed by atoms with Crippen molar-refractivity contribution < 1.29 is 4.42 Å². The Bertz CT molecular complexity index is 2570. The van der Waals surface area contributed by atoms with Gasteiger partial charge in [-0.2, -0.15) is 0 Å². The van der Waals surface area contributed by atoms with E-state index in [1.165, 1.54) is 54.9 Å². The second-order valence-electron chi connectivity index (χ2n) is 13.3. The Hall–Kier alpha value is -6.32. The molecular formula is C47H34N2O. The summed E-state index contributed by atoms with van der Waals surface area (Å²) in [7, 11) is 0. The van der Waals surface area contributed by atoms with Crippen LogP contribution in [0.15, 0.2) is 173 Å². The highest BCUT2D eigenvalue weighted by atomic mass is 16.3. The molecule has 0 saturated carbocycles. The zero-order valence-corrected chi connectivity index (χ0v) is 27.5. The first-order valence-electron chi connectivity index (χ1n) is 17.4. The zero-order chi connectivity index (χ0) is 33.0. The monoisotopic (exact) mass is 642 g/mol. The largest absolute Gasteiger partial charge is 0.459 e. The molecule has 3 heteroatoms. The Labute approximate surface area is 291 Å². The highest BCUT2D eigenvalue weighted by Gasteiger charge is 2.29. The van der Waals surface area contributed by atoms with E-state index in [-0.39, 0.29) is 6.04 Å². The molecule has 1 N–H and O–H groups in total. The smallest absolute Gasteiger partial charge is 0.151 e. The molecule has 3 nitrogen and oxygen atoms in total. The van der Waals surface area contributed by atoms with Crippen LogP contribution in [0.2, 0.25) is 0 Å². The van der Waals surface area contributed by atoms with Crippen molar-refractivity contribution in [2.45, 2.75) is 18.9 Å². The number of hydrogen-bond donors (Lipinski definition) is 1. The molecular weight excluding hydrogens is 609 g/mol. The maximum atomic E-state index is 6.39. The standard InChI is InChI=1S/C47H34N2O/c1-2-12-34-28-35(21-20-31(34)10-1)32-22-24-37(25-23-32)49(44-18-7-5-15-41(44)40-17-9-13-33-11-3-4-14-39(33)40)38-26-27-43-36(29-38)30-46-47(48-43)42-16-6-8-19-45(42)50-46/h1-7,9-18,20-30,43,48H,8,19H2. The van der Waals surface area contributed by atoms with Crippen molar-refractivity contribution in [2.75, 3.05) is 10.2 Å². The predicted molar refractivity (Wildman–Crippen MR) is 210 cm³/mol. The van der Waals surface area contributed by atoms with Crippen LogP contribution >= 0.6 is 0 Å². The molecule has 6 aromatic carbocycles. The Morgan fingerprint density at radius 1 is 0.640 bits per heavy atom. The molecule has 1 unspecified atom stereocenters. The van der Waals surface area contributed by atoms with Crippen molar-refractivity contribution >= 4 is 50.8 Å². The van der Waals surface area contributed by atoms with E-state index in [1.807, 2.05) is 0 Å². The topological polar surface area (TPSA) is 28.4 Å². The Balaban J connectivity index is 1.12. The molecule has 10 rings (SSSR count). The highest BCUT2D eigenvalue weighted by Crippen LogP contribution is 2.44. The fraction of sp³-hybridized carbons (Fsp3) is 0.0638. The summed E-state index contributed by atoms with van der Waals surface area (Å²) in [6.07, 6.45) is 15.5. The number of aryl methyl sites for hydroxylation is 1. The predicted octanol–water partition coefficient (Wildman–Crippen LogP) is 12.3. The van der Waals surface area contributed by atoms with Crippen LogP contribution in [0.3, 0.4) is 0 Å². The molecule has 0 radical (unpaired) electrons. The third-order valence-electron chi connectivity index (χ3n) is 10.3. The number of rotatable bonds is 5. The van der Waals surface area contributed by atoms with E-state index >= 15 is 0 Å². The van der Waals surface area contributed by atoms with Crippen molar-refractivity contribution in [2.24, 2.45) is 0 Å². The molecule has 1 atom stereocenters. The van der Waals surface area contributed by atoms with Crippen molar-refractivity contribution in [1.29, 1.82) is 0 Å².